The molecule has 1 amide bonds. The minimum atomic E-state index is -4.90. The second kappa shape index (κ2) is 6.92. The quantitative estimate of drug-likeness (QED) is 0.670. The largest absolute Gasteiger partial charge is 0.480 e. The van der Waals surface area contributed by atoms with Gasteiger partial charge >= 0.3 is 12.1 Å². The lowest BCUT2D eigenvalue weighted by Gasteiger charge is -2.18. The minimum absolute atomic E-state index is 0.0872. The molecule has 140 valence electrons. The number of amides is 1. The number of hydrogen-bond donors (Lipinski definition) is 3. The van der Waals surface area contributed by atoms with Crippen molar-refractivity contribution in [2.45, 2.75) is 12.2 Å². The zero-order valence-electron chi connectivity index (χ0n) is 12.8. The van der Waals surface area contributed by atoms with Crippen molar-refractivity contribution in [3.05, 3.63) is 47.5 Å². The average molecular weight is 391 g/mol. The summed E-state index contributed by atoms with van der Waals surface area (Å²) in [5.74, 6) is -4.64. The maximum absolute atomic E-state index is 13.3. The molecule has 7 nitrogen and oxygen atoms in total. The van der Waals surface area contributed by atoms with E-state index in [4.69, 9.17) is 9.66 Å². The molecule has 1 atom stereocenters. The van der Waals surface area contributed by atoms with Gasteiger partial charge in [-0.2, -0.15) is 21.6 Å². The smallest absolute Gasteiger partial charge is 0.417 e. The molecule has 0 saturated carbocycles. The van der Waals surface area contributed by atoms with Gasteiger partial charge in [-0.25, -0.2) is 4.79 Å². The van der Waals surface area contributed by atoms with Gasteiger partial charge in [-0.05, 0) is 16.8 Å². The number of carboxylic acid groups (broad SMARTS) is 1. The van der Waals surface area contributed by atoms with E-state index in [1.165, 1.54) is 24.3 Å². The van der Waals surface area contributed by atoms with Crippen molar-refractivity contribution in [3.8, 4) is 0 Å². The summed E-state index contributed by atoms with van der Waals surface area (Å²) < 4.78 is 70.3. The van der Waals surface area contributed by atoms with Crippen LogP contribution >= 0.6 is 0 Å². The van der Waals surface area contributed by atoms with Crippen LogP contribution in [0.15, 0.2) is 36.4 Å². The molecule has 0 aliphatic rings. The molecular weight excluding hydrogens is 379 g/mol. The highest BCUT2D eigenvalue weighted by Gasteiger charge is 2.37. The van der Waals surface area contributed by atoms with Gasteiger partial charge in [-0.1, -0.05) is 30.3 Å². The number of nitrogens with one attached hydrogen (secondary N) is 1. The van der Waals surface area contributed by atoms with Crippen molar-refractivity contribution in [1.29, 1.82) is 0 Å². The maximum Gasteiger partial charge on any atom is 0.417 e. The van der Waals surface area contributed by atoms with Gasteiger partial charge in [0, 0.05) is 0 Å². The van der Waals surface area contributed by atoms with Crippen LogP contribution < -0.4 is 5.32 Å². The predicted molar refractivity (Wildman–Crippen MR) is 84.3 cm³/mol. The summed E-state index contributed by atoms with van der Waals surface area (Å²) in [6.45, 7) is 0. The zero-order chi connectivity index (χ0) is 19.7. The molecule has 3 N–H and O–H groups in total. The number of fused-ring (bicyclic) bond motifs is 1. The van der Waals surface area contributed by atoms with E-state index in [1.807, 2.05) is 0 Å². The monoisotopic (exact) mass is 391 g/mol. The van der Waals surface area contributed by atoms with Crippen LogP contribution in [0.5, 0.6) is 0 Å². The van der Waals surface area contributed by atoms with E-state index in [9.17, 15) is 31.2 Å². The first-order valence-corrected chi connectivity index (χ1v) is 8.59. The fraction of sp³-hybridized carbons (Fsp3) is 0.200. The Morgan fingerprint density at radius 2 is 1.73 bits per heavy atom. The molecule has 11 heteroatoms. The molecule has 0 saturated heterocycles. The average Bonchev–Trinajstić information content (AvgIpc) is 2.50. The van der Waals surface area contributed by atoms with Gasteiger partial charge in [-0.15, -0.1) is 0 Å². The van der Waals surface area contributed by atoms with Gasteiger partial charge < -0.3 is 10.4 Å². The fourth-order valence-corrected chi connectivity index (χ4v) is 3.02. The van der Waals surface area contributed by atoms with E-state index >= 15 is 0 Å². The third-order valence-corrected chi connectivity index (χ3v) is 4.20. The van der Waals surface area contributed by atoms with Crippen molar-refractivity contribution >= 4 is 32.8 Å². The van der Waals surface area contributed by atoms with E-state index in [-0.39, 0.29) is 5.39 Å². The molecule has 0 bridgehead atoms. The van der Waals surface area contributed by atoms with Gasteiger partial charge in [0.25, 0.3) is 16.0 Å². The third-order valence-electron chi connectivity index (χ3n) is 3.44. The van der Waals surface area contributed by atoms with Gasteiger partial charge in [-0.3, -0.25) is 9.35 Å². The van der Waals surface area contributed by atoms with Gasteiger partial charge in [0.2, 0.25) is 0 Å². The van der Waals surface area contributed by atoms with Crippen molar-refractivity contribution < 1.29 is 40.8 Å². The number of carbonyl (C=O) groups is 2. The summed E-state index contributed by atoms with van der Waals surface area (Å²) in [7, 11) is -4.79. The Bertz CT molecular complexity index is 971. The Balaban J connectivity index is 2.56. The van der Waals surface area contributed by atoms with Crippen LogP contribution in [0.1, 0.15) is 15.9 Å². The third kappa shape index (κ3) is 4.49. The Labute approximate surface area is 145 Å². The molecule has 26 heavy (non-hydrogen) atoms. The Kier molecular flexibility index (Phi) is 5.23. The number of rotatable bonds is 5. The standard InChI is InChI=1S/C15H12F3NO6S/c16-15(17,18)10-6-5-8-3-1-2-4-9(8)12(10)13(20)19-11(14(21)22)7-26(23,24)25/h1-6,11H,7H2,(H,19,20)(H,21,22)(H,23,24,25). The molecular formula is C15H12F3NO6S. The molecule has 0 radical (unpaired) electrons. The second-order valence-electron chi connectivity index (χ2n) is 5.32. The highest BCUT2D eigenvalue weighted by atomic mass is 32.2. The first-order valence-electron chi connectivity index (χ1n) is 6.98. The lowest BCUT2D eigenvalue weighted by molar-refractivity contribution is -0.138. The van der Waals surface area contributed by atoms with Crippen molar-refractivity contribution in [1.82, 2.24) is 5.32 Å². The topological polar surface area (TPSA) is 121 Å². The number of halogens is 3. The molecule has 0 spiro atoms. The highest BCUT2D eigenvalue weighted by molar-refractivity contribution is 7.85. The summed E-state index contributed by atoms with van der Waals surface area (Å²) in [5.41, 5.74) is -2.14. The summed E-state index contributed by atoms with van der Waals surface area (Å²) in [4.78, 5) is 23.5. The van der Waals surface area contributed by atoms with Crippen LogP contribution in [0.3, 0.4) is 0 Å². The molecule has 0 fully saturated rings. The van der Waals surface area contributed by atoms with Crippen LogP contribution in [0, 0.1) is 0 Å². The number of alkyl halides is 3. The first kappa shape index (κ1) is 19.7. The zero-order valence-corrected chi connectivity index (χ0v) is 13.6. The van der Waals surface area contributed by atoms with Gasteiger partial charge in [0.1, 0.15) is 11.8 Å². The van der Waals surface area contributed by atoms with Gasteiger partial charge in [0.05, 0.1) is 11.1 Å². The molecule has 2 rings (SSSR count). The first-order chi connectivity index (χ1) is 11.9. The van der Waals surface area contributed by atoms with Crippen molar-refractivity contribution in [2.75, 3.05) is 5.75 Å². The Morgan fingerprint density at radius 3 is 2.27 bits per heavy atom. The lowest BCUT2D eigenvalue weighted by atomic mass is 9.97. The van der Waals surface area contributed by atoms with Crippen molar-refractivity contribution in [3.63, 3.8) is 0 Å². The second-order valence-corrected chi connectivity index (χ2v) is 6.82. The van der Waals surface area contributed by atoms with E-state index in [2.05, 4.69) is 0 Å². The van der Waals surface area contributed by atoms with E-state index in [0.29, 0.717) is 11.5 Å². The van der Waals surface area contributed by atoms with E-state index in [1.54, 1.807) is 5.32 Å². The number of carboxylic acids is 1. The molecule has 0 aliphatic heterocycles. The maximum atomic E-state index is 13.3. The number of benzene rings is 2. The minimum Gasteiger partial charge on any atom is -0.480 e. The van der Waals surface area contributed by atoms with Crippen LogP contribution in [0.25, 0.3) is 10.8 Å². The van der Waals surface area contributed by atoms with Crippen LogP contribution in [-0.2, 0) is 21.1 Å². The molecule has 1 unspecified atom stereocenters. The van der Waals surface area contributed by atoms with Gasteiger partial charge in [0.15, 0.2) is 0 Å². The molecule has 0 aromatic heterocycles. The van der Waals surface area contributed by atoms with Crippen molar-refractivity contribution in [2.24, 2.45) is 0 Å². The van der Waals surface area contributed by atoms with Crippen LogP contribution in [0.2, 0.25) is 0 Å². The predicted octanol–water partition coefficient (Wildman–Crippen LogP) is 1.93. The summed E-state index contributed by atoms with van der Waals surface area (Å²) in [6.07, 6.45) is -4.90. The summed E-state index contributed by atoms with van der Waals surface area (Å²) in [6, 6.07) is 5.34. The normalized spacial score (nSPS) is 13.4. The fourth-order valence-electron chi connectivity index (χ4n) is 2.37. The lowest BCUT2D eigenvalue weighted by Crippen LogP contribution is -2.45. The summed E-state index contributed by atoms with van der Waals surface area (Å²) >= 11 is 0. The van der Waals surface area contributed by atoms with E-state index < -0.39 is 51.1 Å². The van der Waals surface area contributed by atoms with Crippen LogP contribution in [-0.4, -0.2) is 41.7 Å². The molecule has 0 heterocycles. The molecule has 2 aromatic rings. The highest BCUT2D eigenvalue weighted by Crippen LogP contribution is 2.35. The number of aliphatic carboxylic acids is 1. The van der Waals surface area contributed by atoms with E-state index in [0.717, 1.165) is 6.07 Å². The number of carbonyl (C=O) groups excluding carboxylic acids is 1. The Morgan fingerprint density at radius 1 is 1.12 bits per heavy atom. The summed E-state index contributed by atoms with van der Waals surface area (Å²) in [5, 5.41) is 10.9. The molecule has 2 aromatic carbocycles. The molecule has 0 aliphatic carbocycles. The SMILES string of the molecule is O=C(NC(CS(=O)(=O)O)C(=O)O)c1c(C(F)(F)F)ccc2ccccc12. The number of hydrogen-bond acceptors (Lipinski definition) is 4. The van der Waals surface area contributed by atoms with Crippen LogP contribution in [0.4, 0.5) is 13.2 Å². The Hall–Kier alpha value is -2.66.